The summed E-state index contributed by atoms with van der Waals surface area (Å²) >= 11 is 6.19. The average molecular weight is 371 g/mol. The summed E-state index contributed by atoms with van der Waals surface area (Å²) in [6.07, 6.45) is 3.07. The Morgan fingerprint density at radius 1 is 1.27 bits per heavy atom. The Morgan fingerprint density at radius 3 is 2.65 bits per heavy atom. The highest BCUT2D eigenvalue weighted by Crippen LogP contribution is 2.43. The molecule has 2 aromatic carbocycles. The van der Waals surface area contributed by atoms with Gasteiger partial charge in [-0.05, 0) is 80.1 Å². The van der Waals surface area contributed by atoms with Crippen molar-refractivity contribution in [2.75, 3.05) is 19.1 Å². The molecule has 0 radical (unpaired) electrons. The molecule has 0 spiro atoms. The van der Waals surface area contributed by atoms with E-state index in [2.05, 4.69) is 56.8 Å². The lowest BCUT2D eigenvalue weighted by atomic mass is 9.79. The second-order valence-electron chi connectivity index (χ2n) is 7.82. The third kappa shape index (κ3) is 3.45. The summed E-state index contributed by atoms with van der Waals surface area (Å²) in [4.78, 5) is 7.02. The SMILES string of the molecule is COc1ccc(N=Cc2cc3c(cc2C)N(C)C(C)(C)CC3C)cc1Cl. The number of benzene rings is 2. The van der Waals surface area contributed by atoms with Gasteiger partial charge in [0.25, 0.3) is 0 Å². The first kappa shape index (κ1) is 18.8. The molecule has 0 saturated heterocycles. The molecule has 2 aromatic rings. The van der Waals surface area contributed by atoms with Gasteiger partial charge >= 0.3 is 0 Å². The number of hydrogen-bond donors (Lipinski definition) is 0. The fraction of sp³-hybridized carbons (Fsp3) is 0.409. The molecule has 26 heavy (non-hydrogen) atoms. The van der Waals surface area contributed by atoms with E-state index in [0.717, 1.165) is 17.7 Å². The molecule has 4 heteroatoms. The standard InChI is InChI=1S/C22H27ClN2O/c1-14-9-20-18(15(2)12-22(3,4)25(20)5)10-16(14)13-24-17-7-8-21(26-6)19(23)11-17/h7-11,13,15H,12H2,1-6H3. The van der Waals surface area contributed by atoms with Crippen LogP contribution in [0.25, 0.3) is 0 Å². The van der Waals surface area contributed by atoms with Crippen molar-refractivity contribution in [3.8, 4) is 5.75 Å². The predicted molar refractivity (Wildman–Crippen MR) is 112 cm³/mol. The molecule has 1 aliphatic heterocycles. The third-order valence-corrected chi connectivity index (χ3v) is 5.80. The Kier molecular flexibility index (Phi) is 5.03. The molecule has 1 aliphatic rings. The maximum absolute atomic E-state index is 6.19. The van der Waals surface area contributed by atoms with Crippen LogP contribution in [0.3, 0.4) is 0 Å². The lowest BCUT2D eigenvalue weighted by Gasteiger charge is -2.45. The van der Waals surface area contributed by atoms with Crippen LogP contribution in [0.15, 0.2) is 35.3 Å². The summed E-state index contributed by atoms with van der Waals surface area (Å²) in [6.45, 7) is 9.07. The van der Waals surface area contributed by atoms with Gasteiger partial charge in [-0.2, -0.15) is 0 Å². The topological polar surface area (TPSA) is 24.8 Å². The Balaban J connectivity index is 1.95. The van der Waals surface area contributed by atoms with Crippen molar-refractivity contribution in [3.63, 3.8) is 0 Å². The van der Waals surface area contributed by atoms with Gasteiger partial charge in [0.2, 0.25) is 0 Å². The number of methoxy groups -OCH3 is 1. The van der Waals surface area contributed by atoms with Gasteiger partial charge < -0.3 is 9.64 Å². The highest BCUT2D eigenvalue weighted by Gasteiger charge is 2.34. The number of anilines is 1. The van der Waals surface area contributed by atoms with Crippen molar-refractivity contribution >= 4 is 29.2 Å². The van der Waals surface area contributed by atoms with E-state index < -0.39 is 0 Å². The number of fused-ring (bicyclic) bond motifs is 1. The summed E-state index contributed by atoms with van der Waals surface area (Å²) in [7, 11) is 3.80. The predicted octanol–water partition coefficient (Wildman–Crippen LogP) is 6.13. The molecule has 1 atom stereocenters. The lowest BCUT2D eigenvalue weighted by Crippen LogP contribution is -2.45. The number of hydrogen-bond acceptors (Lipinski definition) is 3. The lowest BCUT2D eigenvalue weighted by molar-refractivity contribution is 0.395. The fourth-order valence-electron chi connectivity index (χ4n) is 3.75. The number of halogens is 1. The zero-order valence-electron chi connectivity index (χ0n) is 16.4. The molecule has 138 valence electrons. The normalized spacial score (nSPS) is 18.9. The number of aryl methyl sites for hydroxylation is 1. The molecule has 0 amide bonds. The molecule has 3 nitrogen and oxygen atoms in total. The number of ether oxygens (including phenoxy) is 1. The minimum atomic E-state index is 0.175. The van der Waals surface area contributed by atoms with E-state index in [9.17, 15) is 0 Å². The highest BCUT2D eigenvalue weighted by atomic mass is 35.5. The highest BCUT2D eigenvalue weighted by molar-refractivity contribution is 6.32. The molecule has 3 rings (SSSR count). The smallest absolute Gasteiger partial charge is 0.137 e. The van der Waals surface area contributed by atoms with Crippen LogP contribution < -0.4 is 9.64 Å². The molecular weight excluding hydrogens is 344 g/mol. The molecule has 0 aromatic heterocycles. The van der Waals surface area contributed by atoms with Gasteiger partial charge in [-0.25, -0.2) is 0 Å². The summed E-state index contributed by atoms with van der Waals surface area (Å²) in [6, 6.07) is 10.1. The number of aliphatic imine (C=N–C) groups is 1. The Hall–Kier alpha value is -2.00. The number of nitrogens with zero attached hydrogens (tertiary/aromatic N) is 2. The van der Waals surface area contributed by atoms with Crippen molar-refractivity contribution in [2.45, 2.75) is 45.6 Å². The monoisotopic (exact) mass is 370 g/mol. The number of rotatable bonds is 3. The van der Waals surface area contributed by atoms with E-state index in [-0.39, 0.29) is 5.54 Å². The first-order valence-electron chi connectivity index (χ1n) is 8.99. The fourth-order valence-corrected chi connectivity index (χ4v) is 4.01. The maximum Gasteiger partial charge on any atom is 0.137 e. The summed E-state index contributed by atoms with van der Waals surface area (Å²) < 4.78 is 5.19. The maximum atomic E-state index is 6.19. The minimum absolute atomic E-state index is 0.175. The summed E-state index contributed by atoms with van der Waals surface area (Å²) in [5.41, 5.74) is 6.09. The van der Waals surface area contributed by atoms with Crippen molar-refractivity contribution in [2.24, 2.45) is 4.99 Å². The molecule has 0 bridgehead atoms. The van der Waals surface area contributed by atoms with Gasteiger partial charge in [-0.15, -0.1) is 0 Å². The quantitative estimate of drug-likeness (QED) is 0.607. The van der Waals surface area contributed by atoms with Crippen LogP contribution in [0.4, 0.5) is 11.4 Å². The summed E-state index contributed by atoms with van der Waals surface area (Å²) in [5, 5.41) is 0.571. The van der Waals surface area contributed by atoms with Crippen molar-refractivity contribution in [1.82, 2.24) is 0 Å². The van der Waals surface area contributed by atoms with Crippen LogP contribution >= 0.6 is 11.6 Å². The zero-order chi connectivity index (χ0) is 19.1. The van der Waals surface area contributed by atoms with Crippen molar-refractivity contribution in [3.05, 3.63) is 52.0 Å². The van der Waals surface area contributed by atoms with Crippen LogP contribution in [0, 0.1) is 6.92 Å². The summed E-state index contributed by atoms with van der Waals surface area (Å²) in [5.74, 6) is 1.19. The second kappa shape index (κ2) is 6.96. The molecule has 1 heterocycles. The van der Waals surface area contributed by atoms with Crippen LogP contribution in [0.2, 0.25) is 5.02 Å². The molecule has 1 unspecified atom stereocenters. The van der Waals surface area contributed by atoms with Crippen molar-refractivity contribution in [1.29, 1.82) is 0 Å². The van der Waals surface area contributed by atoms with Crippen molar-refractivity contribution < 1.29 is 4.74 Å². The van der Waals surface area contributed by atoms with Crippen LogP contribution in [0.1, 0.15) is 49.8 Å². The Bertz CT molecular complexity index is 857. The van der Waals surface area contributed by atoms with Gasteiger partial charge in [-0.3, -0.25) is 4.99 Å². The van der Waals surface area contributed by atoms with Crippen LogP contribution in [-0.4, -0.2) is 25.9 Å². The average Bonchev–Trinajstić information content (AvgIpc) is 2.58. The largest absolute Gasteiger partial charge is 0.495 e. The zero-order valence-corrected chi connectivity index (χ0v) is 17.2. The van der Waals surface area contributed by atoms with E-state index >= 15 is 0 Å². The van der Waals surface area contributed by atoms with E-state index in [4.69, 9.17) is 16.3 Å². The van der Waals surface area contributed by atoms with Crippen LogP contribution in [-0.2, 0) is 0 Å². The van der Waals surface area contributed by atoms with E-state index in [1.54, 1.807) is 7.11 Å². The van der Waals surface area contributed by atoms with Crippen LogP contribution in [0.5, 0.6) is 5.75 Å². The van der Waals surface area contributed by atoms with Gasteiger partial charge in [0, 0.05) is 24.5 Å². The Morgan fingerprint density at radius 2 is 2.00 bits per heavy atom. The molecule has 0 aliphatic carbocycles. The Labute approximate surface area is 161 Å². The molecular formula is C22H27ClN2O. The second-order valence-corrected chi connectivity index (χ2v) is 8.23. The van der Waals surface area contributed by atoms with Gasteiger partial charge in [0.05, 0.1) is 17.8 Å². The minimum Gasteiger partial charge on any atom is -0.495 e. The molecule has 0 saturated carbocycles. The molecule has 0 N–H and O–H groups in total. The first-order valence-corrected chi connectivity index (χ1v) is 9.36. The third-order valence-electron chi connectivity index (χ3n) is 5.51. The van der Waals surface area contributed by atoms with E-state index in [1.807, 2.05) is 24.4 Å². The van der Waals surface area contributed by atoms with E-state index in [1.165, 1.54) is 16.8 Å². The van der Waals surface area contributed by atoms with Gasteiger partial charge in [0.15, 0.2) is 0 Å². The van der Waals surface area contributed by atoms with Gasteiger partial charge in [0.1, 0.15) is 5.75 Å². The first-order chi connectivity index (χ1) is 12.2. The van der Waals surface area contributed by atoms with Gasteiger partial charge in [-0.1, -0.05) is 18.5 Å². The van der Waals surface area contributed by atoms with E-state index in [0.29, 0.717) is 16.7 Å². The molecule has 0 fully saturated rings.